The number of nitrogens with two attached hydrogens (primary N) is 1. The molecule has 1 aromatic rings. The van der Waals surface area contributed by atoms with Gasteiger partial charge in [0.25, 0.3) is 0 Å². The number of rotatable bonds is 5. The summed E-state index contributed by atoms with van der Waals surface area (Å²) < 4.78 is 0. The molecule has 18 heavy (non-hydrogen) atoms. The van der Waals surface area contributed by atoms with Crippen molar-refractivity contribution in [3.63, 3.8) is 0 Å². The number of para-hydroxylation sites is 1. The minimum absolute atomic E-state index is 0.126. The summed E-state index contributed by atoms with van der Waals surface area (Å²) in [5.41, 5.74) is 8.95. The molecule has 1 saturated heterocycles. The van der Waals surface area contributed by atoms with Crippen LogP contribution < -0.4 is 10.6 Å². The Balaban J connectivity index is 2.15. The van der Waals surface area contributed by atoms with Gasteiger partial charge in [0.15, 0.2) is 0 Å². The monoisotopic (exact) mass is 244 g/mol. The maximum Gasteiger partial charge on any atom is 0.0414 e. The van der Waals surface area contributed by atoms with Crippen LogP contribution in [0.1, 0.15) is 43.7 Å². The first-order valence-electron chi connectivity index (χ1n) is 7.03. The summed E-state index contributed by atoms with van der Waals surface area (Å²) >= 11 is 0. The van der Waals surface area contributed by atoms with E-state index in [9.17, 15) is 0 Å². The van der Waals surface area contributed by atoms with Gasteiger partial charge < -0.3 is 10.6 Å². The van der Waals surface area contributed by atoms with E-state index in [-0.39, 0.29) is 6.04 Å². The van der Waals surface area contributed by atoms with Gasteiger partial charge in [0, 0.05) is 24.8 Å². The number of anilines is 1. The van der Waals surface area contributed by atoms with Crippen molar-refractivity contribution < 1.29 is 0 Å². The second-order valence-corrected chi connectivity index (χ2v) is 5.08. The fourth-order valence-corrected chi connectivity index (χ4v) is 2.68. The van der Waals surface area contributed by atoms with Crippen molar-refractivity contribution in [1.82, 2.24) is 0 Å². The molecular formula is C16H24N2. The standard InChI is InChI=1S/C16H24N2/c1-2-3-10-15(17)14-9-5-6-11-16(14)18-12-7-4-8-13-18/h2,5-6,9,11,15H,1,3-4,7-8,10,12-13,17H2/t15-/m1/s1. The summed E-state index contributed by atoms with van der Waals surface area (Å²) in [7, 11) is 0. The number of piperidine rings is 1. The van der Waals surface area contributed by atoms with Gasteiger partial charge in [-0.15, -0.1) is 6.58 Å². The van der Waals surface area contributed by atoms with Crippen molar-refractivity contribution >= 4 is 5.69 Å². The maximum absolute atomic E-state index is 6.31. The Morgan fingerprint density at radius 2 is 1.94 bits per heavy atom. The maximum atomic E-state index is 6.31. The topological polar surface area (TPSA) is 29.3 Å². The third-order valence-corrected chi connectivity index (χ3v) is 3.71. The Bertz CT molecular complexity index is 380. The Labute approximate surface area is 110 Å². The van der Waals surface area contributed by atoms with E-state index in [4.69, 9.17) is 5.73 Å². The summed E-state index contributed by atoms with van der Waals surface area (Å²) in [6, 6.07) is 8.73. The van der Waals surface area contributed by atoms with E-state index in [1.54, 1.807) is 0 Å². The quantitative estimate of drug-likeness (QED) is 0.801. The highest BCUT2D eigenvalue weighted by atomic mass is 15.1. The smallest absolute Gasteiger partial charge is 0.0414 e. The molecule has 1 aliphatic rings. The molecule has 0 spiro atoms. The molecule has 1 atom stereocenters. The summed E-state index contributed by atoms with van der Waals surface area (Å²) in [6.45, 7) is 6.12. The Morgan fingerprint density at radius 3 is 2.67 bits per heavy atom. The fraction of sp³-hybridized carbons (Fsp3) is 0.500. The van der Waals surface area contributed by atoms with Crippen LogP contribution >= 0.6 is 0 Å². The van der Waals surface area contributed by atoms with Crippen LogP contribution in [0.5, 0.6) is 0 Å². The zero-order valence-electron chi connectivity index (χ0n) is 11.1. The van der Waals surface area contributed by atoms with Crippen molar-refractivity contribution in [1.29, 1.82) is 0 Å². The van der Waals surface area contributed by atoms with Gasteiger partial charge in [0.05, 0.1) is 0 Å². The van der Waals surface area contributed by atoms with E-state index < -0.39 is 0 Å². The molecule has 2 N–H and O–H groups in total. The van der Waals surface area contributed by atoms with Crippen molar-refractivity contribution in [3.05, 3.63) is 42.5 Å². The molecule has 0 saturated carbocycles. The average molecular weight is 244 g/mol. The number of allylic oxidation sites excluding steroid dienone is 1. The molecular weight excluding hydrogens is 220 g/mol. The van der Waals surface area contributed by atoms with Crippen LogP contribution in [-0.2, 0) is 0 Å². The van der Waals surface area contributed by atoms with Crippen LogP contribution in [-0.4, -0.2) is 13.1 Å². The van der Waals surface area contributed by atoms with Crippen LogP contribution in [0.4, 0.5) is 5.69 Å². The van der Waals surface area contributed by atoms with E-state index in [2.05, 4.69) is 35.7 Å². The van der Waals surface area contributed by atoms with Crippen molar-refractivity contribution in [3.8, 4) is 0 Å². The van der Waals surface area contributed by atoms with E-state index >= 15 is 0 Å². The van der Waals surface area contributed by atoms with Crippen LogP contribution in [0, 0.1) is 0 Å². The predicted molar refractivity (Wildman–Crippen MR) is 78.9 cm³/mol. The van der Waals surface area contributed by atoms with Crippen molar-refractivity contribution in [2.45, 2.75) is 38.1 Å². The average Bonchev–Trinajstić information content (AvgIpc) is 2.45. The molecule has 2 heteroatoms. The molecule has 0 radical (unpaired) electrons. The van der Waals surface area contributed by atoms with Crippen LogP contribution in [0.3, 0.4) is 0 Å². The van der Waals surface area contributed by atoms with Gasteiger partial charge in [-0.2, -0.15) is 0 Å². The van der Waals surface area contributed by atoms with Crippen LogP contribution in [0.15, 0.2) is 36.9 Å². The first-order chi connectivity index (χ1) is 8.83. The van der Waals surface area contributed by atoms with E-state index in [1.165, 1.54) is 43.6 Å². The van der Waals surface area contributed by atoms with E-state index in [1.807, 2.05) is 6.08 Å². The number of hydrogen-bond acceptors (Lipinski definition) is 2. The lowest BCUT2D eigenvalue weighted by Gasteiger charge is -2.31. The molecule has 1 fully saturated rings. The summed E-state index contributed by atoms with van der Waals surface area (Å²) in [5.74, 6) is 0. The second kappa shape index (κ2) is 6.60. The Morgan fingerprint density at radius 1 is 1.22 bits per heavy atom. The highest BCUT2D eigenvalue weighted by molar-refractivity contribution is 5.55. The van der Waals surface area contributed by atoms with Crippen molar-refractivity contribution in [2.75, 3.05) is 18.0 Å². The molecule has 1 aliphatic heterocycles. The number of nitrogens with zero attached hydrogens (tertiary/aromatic N) is 1. The molecule has 98 valence electrons. The number of hydrogen-bond donors (Lipinski definition) is 1. The summed E-state index contributed by atoms with van der Waals surface area (Å²) in [6.07, 6.45) is 7.88. The lowest BCUT2D eigenvalue weighted by atomic mass is 9.99. The largest absolute Gasteiger partial charge is 0.371 e. The third kappa shape index (κ3) is 3.14. The highest BCUT2D eigenvalue weighted by Crippen LogP contribution is 2.29. The Hall–Kier alpha value is -1.28. The van der Waals surface area contributed by atoms with Crippen LogP contribution in [0.25, 0.3) is 0 Å². The van der Waals surface area contributed by atoms with Crippen molar-refractivity contribution in [2.24, 2.45) is 5.73 Å². The van der Waals surface area contributed by atoms with Gasteiger partial charge in [-0.25, -0.2) is 0 Å². The second-order valence-electron chi connectivity index (χ2n) is 5.08. The van der Waals surface area contributed by atoms with Gasteiger partial charge in [-0.05, 0) is 43.7 Å². The molecule has 0 aromatic heterocycles. The molecule has 0 aliphatic carbocycles. The van der Waals surface area contributed by atoms with Gasteiger partial charge >= 0.3 is 0 Å². The predicted octanol–water partition coefficient (Wildman–Crippen LogP) is 3.64. The molecule has 0 amide bonds. The van der Waals surface area contributed by atoms with Gasteiger partial charge in [-0.3, -0.25) is 0 Å². The van der Waals surface area contributed by atoms with Crippen LogP contribution in [0.2, 0.25) is 0 Å². The fourth-order valence-electron chi connectivity index (χ4n) is 2.68. The van der Waals surface area contributed by atoms with Gasteiger partial charge in [0.2, 0.25) is 0 Å². The first-order valence-corrected chi connectivity index (χ1v) is 7.03. The molecule has 2 rings (SSSR count). The molecule has 0 unspecified atom stereocenters. The lowest BCUT2D eigenvalue weighted by Crippen LogP contribution is -2.31. The zero-order valence-corrected chi connectivity index (χ0v) is 11.1. The summed E-state index contributed by atoms with van der Waals surface area (Å²) in [4.78, 5) is 2.49. The SMILES string of the molecule is C=CCC[C@@H](N)c1ccccc1N1CCCCC1. The Kier molecular flexibility index (Phi) is 4.82. The minimum Gasteiger partial charge on any atom is -0.371 e. The lowest BCUT2D eigenvalue weighted by molar-refractivity contribution is 0.571. The zero-order chi connectivity index (χ0) is 12.8. The van der Waals surface area contributed by atoms with Gasteiger partial charge in [0.1, 0.15) is 0 Å². The number of benzene rings is 1. The summed E-state index contributed by atoms with van der Waals surface area (Å²) in [5, 5.41) is 0. The van der Waals surface area contributed by atoms with E-state index in [0.717, 1.165) is 12.8 Å². The highest BCUT2D eigenvalue weighted by Gasteiger charge is 2.17. The molecule has 1 aromatic carbocycles. The van der Waals surface area contributed by atoms with E-state index in [0.29, 0.717) is 0 Å². The molecule has 0 bridgehead atoms. The molecule has 1 heterocycles. The minimum atomic E-state index is 0.126. The molecule has 2 nitrogen and oxygen atoms in total. The third-order valence-electron chi connectivity index (χ3n) is 3.71. The first kappa shape index (κ1) is 13.2. The normalized spacial score (nSPS) is 17.5. The van der Waals surface area contributed by atoms with Gasteiger partial charge in [-0.1, -0.05) is 24.3 Å².